The molecule has 16 heavy (non-hydrogen) atoms. The van der Waals surface area contributed by atoms with Crippen LogP contribution in [0.1, 0.15) is 26.7 Å². The predicted octanol–water partition coefficient (Wildman–Crippen LogP) is 2.69. The van der Waals surface area contributed by atoms with Crippen molar-refractivity contribution in [2.75, 3.05) is 18.0 Å². The first-order valence-electron chi connectivity index (χ1n) is 5.81. The largest absolute Gasteiger partial charge is 0.351 e. The standard InChI is InChI=1S/C12H20ClN3/c1-3-10(4-2)16(9-7-14)12-11(13)6-5-8-15-12/h5-6,8,10H,3-4,7,9,14H2,1-2H3. The molecule has 0 bridgehead atoms. The number of nitrogens with two attached hydrogens (primary N) is 1. The van der Waals surface area contributed by atoms with Crippen molar-refractivity contribution >= 4 is 17.4 Å². The Labute approximate surface area is 103 Å². The molecule has 0 radical (unpaired) electrons. The molecule has 0 aliphatic carbocycles. The van der Waals surface area contributed by atoms with Gasteiger partial charge in [-0.25, -0.2) is 4.98 Å². The molecule has 1 rings (SSSR count). The highest BCUT2D eigenvalue weighted by atomic mass is 35.5. The minimum atomic E-state index is 0.455. The van der Waals surface area contributed by atoms with Crippen molar-refractivity contribution in [2.45, 2.75) is 32.7 Å². The van der Waals surface area contributed by atoms with Crippen LogP contribution >= 0.6 is 11.6 Å². The highest BCUT2D eigenvalue weighted by Gasteiger charge is 2.18. The molecule has 1 aromatic rings. The molecule has 2 N–H and O–H groups in total. The number of pyridine rings is 1. The number of hydrogen-bond donors (Lipinski definition) is 1. The molecule has 0 saturated heterocycles. The third kappa shape index (κ3) is 3.09. The van der Waals surface area contributed by atoms with Crippen molar-refractivity contribution in [3.05, 3.63) is 23.4 Å². The monoisotopic (exact) mass is 241 g/mol. The van der Waals surface area contributed by atoms with E-state index in [0.717, 1.165) is 25.2 Å². The van der Waals surface area contributed by atoms with E-state index in [1.807, 2.05) is 12.1 Å². The number of rotatable bonds is 6. The maximum Gasteiger partial charge on any atom is 0.147 e. The third-order valence-corrected chi connectivity index (χ3v) is 3.06. The van der Waals surface area contributed by atoms with Gasteiger partial charge in [0.05, 0.1) is 5.02 Å². The highest BCUT2D eigenvalue weighted by Crippen LogP contribution is 2.25. The van der Waals surface area contributed by atoms with E-state index in [2.05, 4.69) is 23.7 Å². The molecule has 0 fully saturated rings. The number of halogens is 1. The van der Waals surface area contributed by atoms with Gasteiger partial charge in [-0.1, -0.05) is 25.4 Å². The van der Waals surface area contributed by atoms with Crippen LogP contribution in [0.25, 0.3) is 0 Å². The number of anilines is 1. The minimum Gasteiger partial charge on any atom is -0.351 e. The molecule has 0 amide bonds. The normalized spacial score (nSPS) is 10.8. The van der Waals surface area contributed by atoms with Crippen LogP contribution in [0.15, 0.2) is 18.3 Å². The lowest BCUT2D eigenvalue weighted by Crippen LogP contribution is -2.39. The summed E-state index contributed by atoms with van der Waals surface area (Å²) < 4.78 is 0. The smallest absolute Gasteiger partial charge is 0.147 e. The van der Waals surface area contributed by atoms with E-state index in [-0.39, 0.29) is 0 Å². The topological polar surface area (TPSA) is 42.1 Å². The van der Waals surface area contributed by atoms with Crippen LogP contribution in [0.2, 0.25) is 5.02 Å². The summed E-state index contributed by atoms with van der Waals surface area (Å²) >= 11 is 6.17. The second-order valence-electron chi connectivity index (χ2n) is 3.76. The second-order valence-corrected chi connectivity index (χ2v) is 4.17. The van der Waals surface area contributed by atoms with Crippen molar-refractivity contribution in [1.82, 2.24) is 4.98 Å². The molecule has 90 valence electrons. The van der Waals surface area contributed by atoms with Crippen LogP contribution in [-0.2, 0) is 0 Å². The average Bonchev–Trinajstić information content (AvgIpc) is 2.30. The van der Waals surface area contributed by atoms with Crippen LogP contribution in [0.5, 0.6) is 0 Å². The number of aromatic nitrogens is 1. The van der Waals surface area contributed by atoms with E-state index < -0.39 is 0 Å². The van der Waals surface area contributed by atoms with Gasteiger partial charge in [0.1, 0.15) is 5.82 Å². The van der Waals surface area contributed by atoms with Gasteiger partial charge in [-0.2, -0.15) is 0 Å². The Morgan fingerprint density at radius 3 is 2.62 bits per heavy atom. The molecule has 0 spiro atoms. The van der Waals surface area contributed by atoms with Crippen LogP contribution in [0.3, 0.4) is 0 Å². The fourth-order valence-corrected chi connectivity index (χ4v) is 2.15. The summed E-state index contributed by atoms with van der Waals surface area (Å²) in [6.07, 6.45) is 3.92. The molecule has 0 saturated carbocycles. The molecule has 3 nitrogen and oxygen atoms in total. The average molecular weight is 242 g/mol. The number of hydrogen-bond acceptors (Lipinski definition) is 3. The zero-order valence-electron chi connectivity index (χ0n) is 9.99. The Morgan fingerprint density at radius 2 is 2.12 bits per heavy atom. The lowest BCUT2D eigenvalue weighted by Gasteiger charge is -2.31. The Balaban J connectivity index is 2.97. The van der Waals surface area contributed by atoms with Gasteiger partial charge in [0.2, 0.25) is 0 Å². The van der Waals surface area contributed by atoms with E-state index in [1.165, 1.54) is 0 Å². The Hall–Kier alpha value is -0.800. The van der Waals surface area contributed by atoms with Crippen LogP contribution in [0.4, 0.5) is 5.82 Å². The van der Waals surface area contributed by atoms with Gasteiger partial charge in [0, 0.05) is 25.3 Å². The van der Waals surface area contributed by atoms with Crippen LogP contribution in [-0.4, -0.2) is 24.1 Å². The minimum absolute atomic E-state index is 0.455. The summed E-state index contributed by atoms with van der Waals surface area (Å²) in [6, 6.07) is 4.17. The van der Waals surface area contributed by atoms with Crippen molar-refractivity contribution in [2.24, 2.45) is 5.73 Å². The van der Waals surface area contributed by atoms with E-state index in [9.17, 15) is 0 Å². The summed E-state index contributed by atoms with van der Waals surface area (Å²) in [5, 5.41) is 0.697. The SMILES string of the molecule is CCC(CC)N(CCN)c1ncccc1Cl. The second kappa shape index (κ2) is 6.71. The van der Waals surface area contributed by atoms with E-state index in [1.54, 1.807) is 6.20 Å². The van der Waals surface area contributed by atoms with Crippen molar-refractivity contribution in [3.8, 4) is 0 Å². The maximum atomic E-state index is 6.17. The van der Waals surface area contributed by atoms with Gasteiger partial charge in [-0.15, -0.1) is 0 Å². The van der Waals surface area contributed by atoms with Crippen molar-refractivity contribution in [3.63, 3.8) is 0 Å². The molecular weight excluding hydrogens is 222 g/mol. The van der Waals surface area contributed by atoms with Crippen molar-refractivity contribution < 1.29 is 0 Å². The first-order chi connectivity index (χ1) is 7.74. The summed E-state index contributed by atoms with van der Waals surface area (Å²) in [6.45, 7) is 5.76. The zero-order chi connectivity index (χ0) is 12.0. The Kier molecular flexibility index (Phi) is 5.56. The lowest BCUT2D eigenvalue weighted by atomic mass is 10.1. The molecule has 1 aromatic heterocycles. The molecule has 0 unspecified atom stereocenters. The Bertz CT molecular complexity index is 313. The highest BCUT2D eigenvalue weighted by molar-refractivity contribution is 6.32. The van der Waals surface area contributed by atoms with Crippen molar-refractivity contribution in [1.29, 1.82) is 0 Å². The summed E-state index contributed by atoms with van der Waals surface area (Å²) in [4.78, 5) is 6.56. The van der Waals surface area contributed by atoms with Gasteiger partial charge in [-0.3, -0.25) is 0 Å². The fourth-order valence-electron chi connectivity index (χ4n) is 1.92. The summed E-state index contributed by atoms with van der Waals surface area (Å²) in [7, 11) is 0. The van der Waals surface area contributed by atoms with E-state index >= 15 is 0 Å². The predicted molar refractivity (Wildman–Crippen MR) is 70.0 cm³/mol. The van der Waals surface area contributed by atoms with E-state index in [4.69, 9.17) is 17.3 Å². The van der Waals surface area contributed by atoms with Gasteiger partial charge in [-0.05, 0) is 25.0 Å². The summed E-state index contributed by atoms with van der Waals surface area (Å²) in [5.74, 6) is 0.850. The lowest BCUT2D eigenvalue weighted by molar-refractivity contribution is 0.554. The van der Waals surface area contributed by atoms with Gasteiger partial charge < -0.3 is 10.6 Å². The Morgan fingerprint density at radius 1 is 1.44 bits per heavy atom. The number of nitrogens with zero attached hydrogens (tertiary/aromatic N) is 2. The quantitative estimate of drug-likeness (QED) is 0.833. The maximum absolute atomic E-state index is 6.17. The van der Waals surface area contributed by atoms with E-state index in [0.29, 0.717) is 17.6 Å². The third-order valence-electron chi connectivity index (χ3n) is 2.76. The molecule has 0 aliphatic rings. The first-order valence-corrected chi connectivity index (χ1v) is 6.19. The molecule has 1 heterocycles. The first kappa shape index (κ1) is 13.3. The molecule has 0 aromatic carbocycles. The molecule has 0 atom stereocenters. The van der Waals surface area contributed by atoms with Gasteiger partial charge in [0.15, 0.2) is 0 Å². The van der Waals surface area contributed by atoms with Crippen LogP contribution < -0.4 is 10.6 Å². The van der Waals surface area contributed by atoms with Gasteiger partial charge >= 0.3 is 0 Å². The molecule has 0 aliphatic heterocycles. The zero-order valence-corrected chi connectivity index (χ0v) is 10.7. The summed E-state index contributed by atoms with van der Waals surface area (Å²) in [5.41, 5.74) is 5.65. The molecule has 4 heteroatoms. The van der Waals surface area contributed by atoms with Crippen LogP contribution in [0, 0.1) is 0 Å². The van der Waals surface area contributed by atoms with Gasteiger partial charge in [0.25, 0.3) is 0 Å². The molecular formula is C12H20ClN3. The fraction of sp³-hybridized carbons (Fsp3) is 0.583.